The van der Waals surface area contributed by atoms with Gasteiger partial charge in [-0.05, 0) is 51.4 Å². The van der Waals surface area contributed by atoms with Crippen molar-refractivity contribution in [3.05, 3.63) is 0 Å². The van der Waals surface area contributed by atoms with Crippen molar-refractivity contribution < 1.29 is 9.47 Å². The molecule has 4 heteroatoms. The van der Waals surface area contributed by atoms with Gasteiger partial charge in [0.1, 0.15) is 0 Å². The molecule has 1 spiro atoms. The third-order valence-corrected chi connectivity index (χ3v) is 5.12. The van der Waals surface area contributed by atoms with Gasteiger partial charge in [0.15, 0.2) is 0 Å². The number of hydrogen-bond donors (Lipinski definition) is 2. The van der Waals surface area contributed by atoms with E-state index in [0.29, 0.717) is 18.1 Å². The van der Waals surface area contributed by atoms with Gasteiger partial charge in [-0.15, -0.1) is 0 Å². The molecule has 0 aromatic heterocycles. The summed E-state index contributed by atoms with van der Waals surface area (Å²) in [7, 11) is 1.78. The lowest BCUT2D eigenvalue weighted by Crippen LogP contribution is -2.48. The molecule has 0 aromatic rings. The predicted octanol–water partition coefficient (Wildman–Crippen LogP) is 2.37. The summed E-state index contributed by atoms with van der Waals surface area (Å²) < 4.78 is 11.4. The fraction of sp³-hybridized carbons (Fsp3) is 1.00. The summed E-state index contributed by atoms with van der Waals surface area (Å²) in [6.45, 7) is 3.03. The van der Waals surface area contributed by atoms with E-state index in [1.54, 1.807) is 7.11 Å². The van der Waals surface area contributed by atoms with Crippen molar-refractivity contribution in [3.8, 4) is 0 Å². The highest BCUT2D eigenvalue weighted by molar-refractivity contribution is 4.94. The van der Waals surface area contributed by atoms with Crippen molar-refractivity contribution in [2.75, 3.05) is 13.7 Å². The average molecular weight is 270 g/mol. The summed E-state index contributed by atoms with van der Waals surface area (Å²) in [6, 6.07) is 0.402. The molecule has 3 N–H and O–H groups in total. The van der Waals surface area contributed by atoms with E-state index in [4.69, 9.17) is 15.3 Å². The van der Waals surface area contributed by atoms with Gasteiger partial charge in [0, 0.05) is 19.8 Å². The van der Waals surface area contributed by atoms with Gasteiger partial charge >= 0.3 is 0 Å². The second-order valence-electron chi connectivity index (χ2n) is 6.39. The zero-order chi connectivity index (χ0) is 13.7. The molecule has 3 unspecified atom stereocenters. The molecule has 1 heterocycles. The first-order valence-electron chi connectivity index (χ1n) is 7.82. The van der Waals surface area contributed by atoms with E-state index in [0.717, 1.165) is 25.9 Å². The smallest absolute Gasteiger partial charge is 0.0685 e. The van der Waals surface area contributed by atoms with Crippen LogP contribution in [0.25, 0.3) is 0 Å². The Labute approximate surface area is 117 Å². The number of rotatable bonds is 6. The molecule has 19 heavy (non-hydrogen) atoms. The first kappa shape index (κ1) is 15.2. The standard InChI is InChI=1S/C15H30N2O2/c1-12(18-2)5-6-14(17-16)13-7-10-19-15(11-13)8-3-4-9-15/h12-14,17H,3-11,16H2,1-2H3. The van der Waals surface area contributed by atoms with E-state index in [9.17, 15) is 0 Å². The second-order valence-corrected chi connectivity index (χ2v) is 6.39. The van der Waals surface area contributed by atoms with Crippen LogP contribution in [0, 0.1) is 5.92 Å². The van der Waals surface area contributed by atoms with E-state index >= 15 is 0 Å². The number of hydrogen-bond acceptors (Lipinski definition) is 4. The summed E-state index contributed by atoms with van der Waals surface area (Å²) >= 11 is 0. The first-order valence-corrected chi connectivity index (χ1v) is 7.82. The Balaban J connectivity index is 1.87. The van der Waals surface area contributed by atoms with Crippen molar-refractivity contribution in [1.82, 2.24) is 5.43 Å². The molecule has 2 fully saturated rings. The summed E-state index contributed by atoms with van der Waals surface area (Å²) in [5.41, 5.74) is 3.23. The summed E-state index contributed by atoms with van der Waals surface area (Å²) in [5.74, 6) is 6.44. The Hall–Kier alpha value is -0.160. The highest BCUT2D eigenvalue weighted by atomic mass is 16.5. The number of ether oxygens (including phenoxy) is 2. The lowest BCUT2D eigenvalue weighted by Gasteiger charge is -2.41. The van der Waals surface area contributed by atoms with Crippen LogP contribution in [0.5, 0.6) is 0 Å². The van der Waals surface area contributed by atoms with Crippen molar-refractivity contribution >= 4 is 0 Å². The van der Waals surface area contributed by atoms with E-state index < -0.39 is 0 Å². The normalized spacial score (nSPS) is 29.5. The highest BCUT2D eigenvalue weighted by Gasteiger charge is 2.41. The molecule has 2 rings (SSSR count). The van der Waals surface area contributed by atoms with E-state index in [1.807, 2.05) is 0 Å². The third-order valence-electron chi connectivity index (χ3n) is 5.12. The van der Waals surface area contributed by atoms with Crippen molar-refractivity contribution in [1.29, 1.82) is 0 Å². The van der Waals surface area contributed by atoms with Gasteiger partial charge in [0.05, 0.1) is 11.7 Å². The molecule has 3 atom stereocenters. The maximum Gasteiger partial charge on any atom is 0.0685 e. The van der Waals surface area contributed by atoms with Crippen molar-refractivity contribution in [3.63, 3.8) is 0 Å². The van der Waals surface area contributed by atoms with Crippen molar-refractivity contribution in [2.45, 2.75) is 76.0 Å². The minimum atomic E-state index is 0.185. The van der Waals surface area contributed by atoms with Gasteiger partial charge in [0.2, 0.25) is 0 Å². The van der Waals surface area contributed by atoms with Gasteiger partial charge in [-0.1, -0.05) is 12.8 Å². The number of hydrazine groups is 1. The molecule has 1 saturated carbocycles. The fourth-order valence-electron chi connectivity index (χ4n) is 3.76. The Morgan fingerprint density at radius 2 is 2.11 bits per heavy atom. The van der Waals surface area contributed by atoms with E-state index in [1.165, 1.54) is 32.1 Å². The minimum absolute atomic E-state index is 0.185. The topological polar surface area (TPSA) is 56.5 Å². The summed E-state index contributed by atoms with van der Waals surface area (Å²) in [6.07, 6.45) is 9.94. The third kappa shape index (κ3) is 3.91. The Bertz CT molecular complexity index is 267. The van der Waals surface area contributed by atoms with E-state index in [-0.39, 0.29) is 5.60 Å². The Morgan fingerprint density at radius 1 is 1.37 bits per heavy atom. The maximum atomic E-state index is 6.10. The first-order chi connectivity index (χ1) is 9.19. The molecule has 0 amide bonds. The van der Waals surface area contributed by atoms with Gasteiger partial charge < -0.3 is 9.47 Å². The van der Waals surface area contributed by atoms with Crippen LogP contribution in [0.15, 0.2) is 0 Å². The summed E-state index contributed by atoms with van der Waals surface area (Å²) in [4.78, 5) is 0. The molecule has 0 bridgehead atoms. The van der Waals surface area contributed by atoms with Crippen LogP contribution >= 0.6 is 0 Å². The molecule has 0 radical (unpaired) electrons. The lowest BCUT2D eigenvalue weighted by atomic mass is 9.79. The molecular weight excluding hydrogens is 240 g/mol. The fourth-order valence-corrected chi connectivity index (χ4v) is 3.76. The van der Waals surface area contributed by atoms with Crippen LogP contribution in [-0.2, 0) is 9.47 Å². The molecule has 1 saturated heterocycles. The van der Waals surface area contributed by atoms with Crippen LogP contribution in [0.2, 0.25) is 0 Å². The zero-order valence-corrected chi connectivity index (χ0v) is 12.5. The minimum Gasteiger partial charge on any atom is -0.382 e. The summed E-state index contributed by atoms with van der Waals surface area (Å²) in [5, 5.41) is 0. The number of methoxy groups -OCH3 is 1. The van der Waals surface area contributed by atoms with Crippen LogP contribution < -0.4 is 11.3 Å². The molecule has 112 valence electrons. The maximum absolute atomic E-state index is 6.10. The number of nitrogens with two attached hydrogens (primary N) is 1. The van der Waals surface area contributed by atoms with Gasteiger partial charge in [-0.25, -0.2) is 0 Å². The Morgan fingerprint density at radius 3 is 2.74 bits per heavy atom. The van der Waals surface area contributed by atoms with Crippen LogP contribution in [0.4, 0.5) is 0 Å². The molecule has 2 aliphatic rings. The molecule has 4 nitrogen and oxygen atoms in total. The largest absolute Gasteiger partial charge is 0.382 e. The van der Waals surface area contributed by atoms with Gasteiger partial charge in [-0.3, -0.25) is 11.3 Å². The lowest BCUT2D eigenvalue weighted by molar-refractivity contribution is -0.0987. The molecular formula is C15H30N2O2. The zero-order valence-electron chi connectivity index (χ0n) is 12.5. The van der Waals surface area contributed by atoms with Gasteiger partial charge in [-0.2, -0.15) is 0 Å². The van der Waals surface area contributed by atoms with Crippen LogP contribution in [0.3, 0.4) is 0 Å². The van der Waals surface area contributed by atoms with E-state index in [2.05, 4.69) is 12.3 Å². The van der Waals surface area contributed by atoms with Crippen molar-refractivity contribution in [2.24, 2.45) is 11.8 Å². The Kier molecular flexibility index (Phi) is 5.63. The second kappa shape index (κ2) is 7.02. The molecule has 0 aromatic carbocycles. The number of nitrogens with one attached hydrogen (secondary N) is 1. The quantitative estimate of drug-likeness (QED) is 0.575. The SMILES string of the molecule is COC(C)CCC(NN)C1CCOC2(CCCC2)C1. The monoisotopic (exact) mass is 270 g/mol. The van der Waals surface area contributed by atoms with Crippen LogP contribution in [-0.4, -0.2) is 31.5 Å². The average Bonchev–Trinajstić information content (AvgIpc) is 2.87. The van der Waals surface area contributed by atoms with Gasteiger partial charge in [0.25, 0.3) is 0 Å². The molecule has 1 aliphatic carbocycles. The van der Waals surface area contributed by atoms with Crippen LogP contribution in [0.1, 0.15) is 58.3 Å². The predicted molar refractivity (Wildman–Crippen MR) is 76.7 cm³/mol. The highest BCUT2D eigenvalue weighted by Crippen LogP contribution is 2.43. The molecule has 1 aliphatic heterocycles.